The lowest BCUT2D eigenvalue weighted by Crippen LogP contribution is -2.02. The molecule has 1 aliphatic rings. The molecular weight excluding hydrogens is 352 g/mol. The molecule has 0 aromatic heterocycles. The van der Waals surface area contributed by atoms with Crippen molar-refractivity contribution in [3.63, 3.8) is 0 Å². The van der Waals surface area contributed by atoms with Crippen LogP contribution in [0.4, 0.5) is 0 Å². The van der Waals surface area contributed by atoms with Crippen molar-refractivity contribution in [2.75, 3.05) is 0 Å². The van der Waals surface area contributed by atoms with Crippen molar-refractivity contribution in [1.82, 2.24) is 0 Å². The van der Waals surface area contributed by atoms with E-state index in [-0.39, 0.29) is 0 Å². The number of rotatable bonds is 2. The summed E-state index contributed by atoms with van der Waals surface area (Å²) in [4.78, 5) is 0. The molecule has 0 saturated heterocycles. The van der Waals surface area contributed by atoms with Crippen molar-refractivity contribution < 1.29 is 4.74 Å². The Balaban J connectivity index is 1.54. The van der Waals surface area contributed by atoms with E-state index in [1.807, 2.05) is 0 Å². The molecule has 0 saturated carbocycles. The molecule has 0 aliphatic carbocycles. The van der Waals surface area contributed by atoms with Crippen LogP contribution in [0.1, 0.15) is 22.3 Å². The van der Waals surface area contributed by atoms with Gasteiger partial charge in [0.2, 0.25) is 0 Å². The van der Waals surface area contributed by atoms with Gasteiger partial charge in [-0.2, -0.15) is 0 Å². The van der Waals surface area contributed by atoms with E-state index >= 15 is 0 Å². The Kier molecular flexibility index (Phi) is 4.10. The second-order valence-corrected chi connectivity index (χ2v) is 7.73. The lowest BCUT2D eigenvalue weighted by molar-refractivity contribution is 0.474. The summed E-state index contributed by atoms with van der Waals surface area (Å²) >= 11 is 0. The summed E-state index contributed by atoms with van der Waals surface area (Å²) in [5, 5.41) is 0. The molecule has 0 spiro atoms. The van der Waals surface area contributed by atoms with Gasteiger partial charge in [0.1, 0.15) is 11.5 Å². The van der Waals surface area contributed by atoms with Crippen molar-refractivity contribution in [2.24, 2.45) is 0 Å². The molecule has 1 heteroatoms. The fourth-order valence-corrected chi connectivity index (χ4v) is 3.83. The Bertz CT molecular complexity index is 1130. The minimum absolute atomic E-state index is 0.863. The van der Waals surface area contributed by atoms with Crippen molar-refractivity contribution in [2.45, 2.75) is 13.8 Å². The van der Waals surface area contributed by atoms with E-state index in [4.69, 9.17) is 4.74 Å². The zero-order chi connectivity index (χ0) is 20.0. The maximum absolute atomic E-state index is 6.36. The van der Waals surface area contributed by atoms with Gasteiger partial charge in [0.15, 0.2) is 0 Å². The van der Waals surface area contributed by atoms with Gasteiger partial charge in [0.25, 0.3) is 0 Å². The first-order valence-electron chi connectivity index (χ1n) is 9.88. The molecule has 4 aromatic rings. The smallest absolute Gasteiger partial charge is 0.135 e. The van der Waals surface area contributed by atoms with Gasteiger partial charge in [-0.3, -0.25) is 0 Å². The molecule has 5 rings (SSSR count). The van der Waals surface area contributed by atoms with E-state index in [9.17, 15) is 0 Å². The SMILES string of the molecule is C=C1c2ccc(-c3ccc(C)cc3)cc2Oc2cc(-c3ccc(C)cc3)ccc21. The number of fused-ring (bicyclic) bond motifs is 2. The van der Waals surface area contributed by atoms with Crippen LogP contribution in [0.2, 0.25) is 0 Å². The van der Waals surface area contributed by atoms with Crippen molar-refractivity contribution in [3.8, 4) is 33.8 Å². The van der Waals surface area contributed by atoms with Crippen LogP contribution in [-0.2, 0) is 0 Å². The highest BCUT2D eigenvalue weighted by atomic mass is 16.5. The summed E-state index contributed by atoms with van der Waals surface area (Å²) in [6.07, 6.45) is 0. The molecule has 1 heterocycles. The summed E-state index contributed by atoms with van der Waals surface area (Å²) < 4.78 is 6.36. The zero-order valence-electron chi connectivity index (χ0n) is 16.7. The molecule has 1 nitrogen and oxygen atoms in total. The van der Waals surface area contributed by atoms with Gasteiger partial charge in [0, 0.05) is 11.1 Å². The van der Waals surface area contributed by atoms with Crippen LogP contribution in [0, 0.1) is 13.8 Å². The van der Waals surface area contributed by atoms with E-state index < -0.39 is 0 Å². The van der Waals surface area contributed by atoms with E-state index in [0.29, 0.717) is 0 Å². The predicted octanol–water partition coefficient (Wildman–Crippen LogP) is 7.80. The first-order chi connectivity index (χ1) is 14.1. The molecule has 0 N–H and O–H groups in total. The maximum atomic E-state index is 6.36. The Hall–Kier alpha value is -3.58. The fourth-order valence-electron chi connectivity index (χ4n) is 3.83. The normalized spacial score (nSPS) is 12.1. The van der Waals surface area contributed by atoms with Gasteiger partial charge in [-0.1, -0.05) is 90.5 Å². The molecule has 0 unspecified atom stereocenters. The Morgan fingerprint density at radius 1 is 0.517 bits per heavy atom. The standard InChI is InChI=1S/C28H22O/c1-18-4-8-21(9-5-18)23-12-14-25-20(3)26-15-13-24(17-28(26)29-27(25)16-23)22-10-6-19(2)7-11-22/h4-17H,3H2,1-2H3. The first-order valence-corrected chi connectivity index (χ1v) is 9.88. The summed E-state index contributed by atoms with van der Waals surface area (Å²) in [5.74, 6) is 1.73. The zero-order valence-corrected chi connectivity index (χ0v) is 16.7. The molecule has 0 radical (unpaired) electrons. The topological polar surface area (TPSA) is 9.23 Å². The molecule has 1 aliphatic heterocycles. The quantitative estimate of drug-likeness (QED) is 0.306. The Morgan fingerprint density at radius 2 is 0.897 bits per heavy atom. The van der Waals surface area contributed by atoms with Crippen LogP contribution in [0.25, 0.3) is 27.8 Å². The Morgan fingerprint density at radius 3 is 1.31 bits per heavy atom. The van der Waals surface area contributed by atoms with Crippen LogP contribution in [0.15, 0.2) is 91.5 Å². The molecule has 4 aromatic carbocycles. The largest absolute Gasteiger partial charge is 0.456 e. The number of ether oxygens (including phenoxy) is 1. The van der Waals surface area contributed by atoms with Crippen molar-refractivity contribution in [1.29, 1.82) is 0 Å². The minimum atomic E-state index is 0.863. The third-order valence-corrected chi connectivity index (χ3v) is 5.60. The van der Waals surface area contributed by atoms with Crippen LogP contribution in [0.5, 0.6) is 11.5 Å². The molecule has 29 heavy (non-hydrogen) atoms. The lowest BCUT2D eigenvalue weighted by Gasteiger charge is -2.23. The molecule has 140 valence electrons. The molecule has 0 fully saturated rings. The summed E-state index contributed by atoms with van der Waals surface area (Å²) in [5.41, 5.74) is 10.3. The van der Waals surface area contributed by atoms with Crippen LogP contribution >= 0.6 is 0 Å². The fraction of sp³-hybridized carbons (Fsp3) is 0.0714. The molecule has 0 bridgehead atoms. The summed E-state index contributed by atoms with van der Waals surface area (Å²) in [7, 11) is 0. The van der Waals surface area contributed by atoms with E-state index in [0.717, 1.165) is 39.3 Å². The molecule has 0 atom stereocenters. The monoisotopic (exact) mass is 374 g/mol. The van der Waals surface area contributed by atoms with Gasteiger partial charge in [0.05, 0.1) is 0 Å². The summed E-state index contributed by atoms with van der Waals surface area (Å²) in [6.45, 7) is 8.55. The highest BCUT2D eigenvalue weighted by Crippen LogP contribution is 2.45. The van der Waals surface area contributed by atoms with Gasteiger partial charge in [-0.25, -0.2) is 0 Å². The van der Waals surface area contributed by atoms with Crippen LogP contribution in [-0.4, -0.2) is 0 Å². The van der Waals surface area contributed by atoms with E-state index in [1.54, 1.807) is 0 Å². The average Bonchev–Trinajstić information content (AvgIpc) is 2.74. The number of hydrogen-bond acceptors (Lipinski definition) is 1. The minimum Gasteiger partial charge on any atom is -0.456 e. The number of aryl methyl sites for hydroxylation is 2. The highest BCUT2D eigenvalue weighted by Gasteiger charge is 2.21. The van der Waals surface area contributed by atoms with E-state index in [1.165, 1.54) is 22.3 Å². The molecular formula is C28H22O. The second-order valence-electron chi connectivity index (χ2n) is 7.73. The third kappa shape index (κ3) is 3.15. The summed E-state index contributed by atoms with van der Waals surface area (Å²) in [6, 6.07) is 29.9. The first kappa shape index (κ1) is 17.5. The maximum Gasteiger partial charge on any atom is 0.135 e. The van der Waals surface area contributed by atoms with E-state index in [2.05, 4.69) is 105 Å². The van der Waals surface area contributed by atoms with Gasteiger partial charge in [-0.15, -0.1) is 0 Å². The van der Waals surface area contributed by atoms with Gasteiger partial charge < -0.3 is 4.74 Å². The van der Waals surface area contributed by atoms with Crippen molar-refractivity contribution >= 4 is 5.57 Å². The van der Waals surface area contributed by atoms with Gasteiger partial charge in [-0.05, 0) is 53.8 Å². The van der Waals surface area contributed by atoms with Crippen molar-refractivity contribution in [3.05, 3.63) is 114 Å². The van der Waals surface area contributed by atoms with Gasteiger partial charge >= 0.3 is 0 Å². The predicted molar refractivity (Wildman–Crippen MR) is 121 cm³/mol. The second kappa shape index (κ2) is 6.79. The van der Waals surface area contributed by atoms with Crippen LogP contribution < -0.4 is 4.74 Å². The number of hydrogen-bond donors (Lipinski definition) is 0. The highest BCUT2D eigenvalue weighted by molar-refractivity contribution is 5.89. The van der Waals surface area contributed by atoms with Crippen LogP contribution in [0.3, 0.4) is 0 Å². The number of benzene rings is 4. The molecule has 0 amide bonds. The third-order valence-electron chi connectivity index (χ3n) is 5.60. The lowest BCUT2D eigenvalue weighted by atomic mass is 9.91. The Labute approximate surface area is 171 Å². The average molecular weight is 374 g/mol.